The van der Waals surface area contributed by atoms with Crippen molar-refractivity contribution in [2.45, 2.75) is 32.1 Å². The highest BCUT2D eigenvalue weighted by Crippen LogP contribution is 2.30. The minimum absolute atomic E-state index is 0.136. The Labute approximate surface area is 137 Å². The molecule has 1 aromatic carbocycles. The quantitative estimate of drug-likeness (QED) is 0.852. The minimum atomic E-state index is 0.136. The zero-order valence-electron chi connectivity index (χ0n) is 13.5. The van der Waals surface area contributed by atoms with Crippen molar-refractivity contribution in [3.63, 3.8) is 0 Å². The molecule has 0 aliphatic carbocycles. The van der Waals surface area contributed by atoms with Crippen LogP contribution >= 0.6 is 0 Å². The van der Waals surface area contributed by atoms with Gasteiger partial charge in [0, 0.05) is 37.8 Å². The van der Waals surface area contributed by atoms with Crippen molar-refractivity contribution in [1.82, 2.24) is 9.88 Å². The van der Waals surface area contributed by atoms with Gasteiger partial charge in [-0.2, -0.15) is 0 Å². The predicted octanol–water partition coefficient (Wildman–Crippen LogP) is 3.46. The third-order valence-electron chi connectivity index (χ3n) is 5.05. The van der Waals surface area contributed by atoms with Crippen LogP contribution in [-0.4, -0.2) is 42.0 Å². The Hall–Kier alpha value is -2.10. The summed E-state index contributed by atoms with van der Waals surface area (Å²) in [6, 6.07) is 8.23. The lowest BCUT2D eigenvalue weighted by Crippen LogP contribution is -2.31. The van der Waals surface area contributed by atoms with E-state index in [1.165, 1.54) is 19.3 Å². The van der Waals surface area contributed by atoms with E-state index in [0.29, 0.717) is 0 Å². The van der Waals surface area contributed by atoms with Crippen LogP contribution in [0.1, 0.15) is 42.5 Å². The number of pyridine rings is 1. The molecule has 2 aliphatic heterocycles. The van der Waals surface area contributed by atoms with Gasteiger partial charge in [-0.05, 0) is 37.5 Å². The van der Waals surface area contributed by atoms with Gasteiger partial charge in [0.1, 0.15) is 5.82 Å². The van der Waals surface area contributed by atoms with Crippen LogP contribution in [0, 0.1) is 0 Å². The van der Waals surface area contributed by atoms with Crippen LogP contribution in [0.15, 0.2) is 30.5 Å². The topological polar surface area (TPSA) is 36.4 Å². The second-order valence-electron chi connectivity index (χ2n) is 6.59. The SMILES string of the molecule is O=C(c1cnc(N2CCCCC2)c2ccccc12)N1CCCC1. The standard InChI is InChI=1S/C19H23N3O/c23-19(22-12-6-7-13-22)17-14-20-18(21-10-4-1-5-11-21)16-9-3-2-8-15(16)17/h2-3,8-9,14H,1,4-7,10-13H2. The molecule has 0 N–H and O–H groups in total. The lowest BCUT2D eigenvalue weighted by molar-refractivity contribution is 0.0794. The van der Waals surface area contributed by atoms with Crippen molar-refractivity contribution in [3.8, 4) is 0 Å². The molecule has 0 spiro atoms. The number of carbonyl (C=O) groups is 1. The Morgan fingerprint density at radius 3 is 2.26 bits per heavy atom. The third kappa shape index (κ3) is 2.67. The first-order valence-corrected chi connectivity index (χ1v) is 8.76. The number of fused-ring (bicyclic) bond motifs is 1. The molecule has 0 unspecified atom stereocenters. The molecule has 0 radical (unpaired) electrons. The number of benzene rings is 1. The molecule has 3 heterocycles. The number of hydrogen-bond acceptors (Lipinski definition) is 3. The van der Waals surface area contributed by atoms with E-state index in [1.54, 1.807) is 6.20 Å². The first-order chi connectivity index (χ1) is 11.3. The Morgan fingerprint density at radius 2 is 1.52 bits per heavy atom. The lowest BCUT2D eigenvalue weighted by Gasteiger charge is -2.29. The number of likely N-dealkylation sites (tertiary alicyclic amines) is 1. The second kappa shape index (κ2) is 6.19. The van der Waals surface area contributed by atoms with E-state index in [-0.39, 0.29) is 5.91 Å². The van der Waals surface area contributed by atoms with Crippen LogP contribution in [0.3, 0.4) is 0 Å². The van der Waals surface area contributed by atoms with Crippen LogP contribution < -0.4 is 4.90 Å². The Bertz CT molecular complexity index is 716. The molecule has 120 valence electrons. The maximum Gasteiger partial charge on any atom is 0.256 e. The fourth-order valence-electron chi connectivity index (χ4n) is 3.80. The second-order valence-corrected chi connectivity index (χ2v) is 6.59. The van der Waals surface area contributed by atoms with E-state index in [4.69, 9.17) is 4.98 Å². The molecule has 4 nitrogen and oxygen atoms in total. The summed E-state index contributed by atoms with van der Waals surface area (Å²) < 4.78 is 0. The number of hydrogen-bond donors (Lipinski definition) is 0. The number of rotatable bonds is 2. The monoisotopic (exact) mass is 309 g/mol. The number of nitrogens with zero attached hydrogens (tertiary/aromatic N) is 3. The fourth-order valence-corrected chi connectivity index (χ4v) is 3.80. The van der Waals surface area contributed by atoms with Crippen molar-refractivity contribution < 1.29 is 4.79 Å². The van der Waals surface area contributed by atoms with E-state index in [1.807, 2.05) is 17.0 Å². The zero-order valence-corrected chi connectivity index (χ0v) is 13.5. The summed E-state index contributed by atoms with van der Waals surface area (Å²) in [5.41, 5.74) is 0.753. The van der Waals surface area contributed by atoms with Gasteiger partial charge in [0.05, 0.1) is 5.56 Å². The molecule has 4 heteroatoms. The van der Waals surface area contributed by atoms with Crippen molar-refractivity contribution >= 4 is 22.5 Å². The molecule has 4 rings (SSSR count). The average molecular weight is 309 g/mol. The first kappa shape index (κ1) is 14.5. The van der Waals surface area contributed by atoms with Crippen molar-refractivity contribution in [3.05, 3.63) is 36.0 Å². The third-order valence-corrected chi connectivity index (χ3v) is 5.05. The Kier molecular flexibility index (Phi) is 3.90. The van der Waals surface area contributed by atoms with Crippen LogP contribution in [0.4, 0.5) is 5.82 Å². The van der Waals surface area contributed by atoms with Gasteiger partial charge in [-0.3, -0.25) is 4.79 Å². The summed E-state index contributed by atoms with van der Waals surface area (Å²) in [7, 11) is 0. The molecule has 1 aromatic heterocycles. The van der Waals surface area contributed by atoms with Gasteiger partial charge in [0.25, 0.3) is 5.91 Å². The number of piperidine rings is 1. The molecule has 0 saturated carbocycles. The molecule has 2 aromatic rings. The molecule has 0 bridgehead atoms. The van der Waals surface area contributed by atoms with E-state index in [0.717, 1.165) is 61.2 Å². The summed E-state index contributed by atoms with van der Waals surface area (Å²) in [5.74, 6) is 1.18. The molecule has 2 aliphatic rings. The molecule has 2 saturated heterocycles. The van der Waals surface area contributed by atoms with Crippen molar-refractivity contribution in [2.75, 3.05) is 31.1 Å². The Balaban J connectivity index is 1.77. The predicted molar refractivity (Wildman–Crippen MR) is 92.9 cm³/mol. The van der Waals surface area contributed by atoms with Crippen molar-refractivity contribution in [2.24, 2.45) is 0 Å². The van der Waals surface area contributed by atoms with E-state index >= 15 is 0 Å². The molecular weight excluding hydrogens is 286 g/mol. The van der Waals surface area contributed by atoms with Gasteiger partial charge in [-0.25, -0.2) is 4.98 Å². The summed E-state index contributed by atoms with van der Waals surface area (Å²) >= 11 is 0. The molecule has 1 amide bonds. The largest absolute Gasteiger partial charge is 0.356 e. The van der Waals surface area contributed by atoms with Crippen LogP contribution in [0.25, 0.3) is 10.8 Å². The lowest BCUT2D eigenvalue weighted by atomic mass is 10.0. The van der Waals surface area contributed by atoms with Gasteiger partial charge in [-0.1, -0.05) is 24.3 Å². The number of aromatic nitrogens is 1. The van der Waals surface area contributed by atoms with Gasteiger partial charge < -0.3 is 9.80 Å². The highest BCUT2D eigenvalue weighted by Gasteiger charge is 2.23. The maximum atomic E-state index is 12.8. The van der Waals surface area contributed by atoms with Crippen LogP contribution in [0.2, 0.25) is 0 Å². The molecule has 23 heavy (non-hydrogen) atoms. The van der Waals surface area contributed by atoms with Crippen LogP contribution in [-0.2, 0) is 0 Å². The summed E-state index contributed by atoms with van der Waals surface area (Å²) in [6.07, 6.45) is 7.79. The van der Waals surface area contributed by atoms with Crippen LogP contribution in [0.5, 0.6) is 0 Å². The fraction of sp³-hybridized carbons (Fsp3) is 0.474. The normalized spacial score (nSPS) is 18.6. The number of anilines is 1. The number of carbonyl (C=O) groups excluding carboxylic acids is 1. The van der Waals surface area contributed by atoms with Crippen molar-refractivity contribution in [1.29, 1.82) is 0 Å². The molecule has 2 fully saturated rings. The van der Waals surface area contributed by atoms with Gasteiger partial charge in [-0.15, -0.1) is 0 Å². The zero-order chi connectivity index (χ0) is 15.6. The van der Waals surface area contributed by atoms with Gasteiger partial charge in [0.2, 0.25) is 0 Å². The minimum Gasteiger partial charge on any atom is -0.356 e. The number of amides is 1. The Morgan fingerprint density at radius 1 is 0.870 bits per heavy atom. The summed E-state index contributed by atoms with van der Waals surface area (Å²) in [5, 5.41) is 2.15. The van der Waals surface area contributed by atoms with E-state index in [9.17, 15) is 4.79 Å². The first-order valence-electron chi connectivity index (χ1n) is 8.76. The summed E-state index contributed by atoms with van der Waals surface area (Å²) in [4.78, 5) is 21.9. The van der Waals surface area contributed by atoms with E-state index < -0.39 is 0 Å². The molecule has 0 atom stereocenters. The maximum absolute atomic E-state index is 12.8. The van der Waals surface area contributed by atoms with Gasteiger partial charge in [0.15, 0.2) is 0 Å². The summed E-state index contributed by atoms with van der Waals surface area (Å²) in [6.45, 7) is 3.88. The van der Waals surface area contributed by atoms with E-state index in [2.05, 4.69) is 17.0 Å². The highest BCUT2D eigenvalue weighted by molar-refractivity contribution is 6.09. The highest BCUT2D eigenvalue weighted by atomic mass is 16.2. The average Bonchev–Trinajstić information content (AvgIpc) is 3.15. The smallest absolute Gasteiger partial charge is 0.256 e. The van der Waals surface area contributed by atoms with Gasteiger partial charge >= 0.3 is 0 Å². The molecular formula is C19H23N3O.